The first-order valence-corrected chi connectivity index (χ1v) is 10.6. The van der Waals surface area contributed by atoms with Crippen molar-refractivity contribution in [1.29, 1.82) is 0 Å². The zero-order chi connectivity index (χ0) is 22.5. The van der Waals surface area contributed by atoms with E-state index in [-0.39, 0.29) is 24.6 Å². The zero-order valence-electron chi connectivity index (χ0n) is 18.2. The minimum Gasteiger partial charge on any atom is -0.378 e. The van der Waals surface area contributed by atoms with Gasteiger partial charge in [-0.1, -0.05) is 78.9 Å². The molecule has 0 fully saturated rings. The van der Waals surface area contributed by atoms with Crippen LogP contribution in [0.2, 0.25) is 0 Å². The highest BCUT2D eigenvalue weighted by Crippen LogP contribution is 2.36. The second-order valence-electron chi connectivity index (χ2n) is 7.64. The molecule has 0 atom stereocenters. The van der Waals surface area contributed by atoms with Crippen molar-refractivity contribution >= 4 is 11.6 Å². The monoisotopic (exact) mass is 423 g/mol. The van der Waals surface area contributed by atoms with E-state index in [0.29, 0.717) is 11.1 Å². The summed E-state index contributed by atoms with van der Waals surface area (Å²) in [5.74, 6) is -0.112. The van der Waals surface area contributed by atoms with E-state index in [4.69, 9.17) is 4.74 Å². The second kappa shape index (κ2) is 9.58. The van der Waals surface area contributed by atoms with Gasteiger partial charge in [-0.15, -0.1) is 0 Å². The summed E-state index contributed by atoms with van der Waals surface area (Å²) in [5.41, 5.74) is 5.37. The fourth-order valence-electron chi connectivity index (χ4n) is 4.18. The number of methoxy groups -OCH3 is 1. The predicted molar refractivity (Wildman–Crippen MR) is 126 cm³/mol. The van der Waals surface area contributed by atoms with Crippen molar-refractivity contribution < 1.29 is 14.3 Å². The minimum atomic E-state index is -0.0835. The predicted octanol–water partition coefficient (Wildman–Crippen LogP) is 5.92. The molecule has 0 aliphatic rings. The van der Waals surface area contributed by atoms with Gasteiger partial charge in [0.05, 0.1) is 18.0 Å². The van der Waals surface area contributed by atoms with Crippen LogP contribution in [0.3, 0.4) is 0 Å². The van der Waals surface area contributed by atoms with Crippen molar-refractivity contribution in [3.8, 4) is 16.9 Å². The van der Waals surface area contributed by atoms with Crippen LogP contribution in [0.25, 0.3) is 16.9 Å². The topological polar surface area (TPSA) is 48.3 Å². The maximum Gasteiger partial charge on any atom is 0.167 e. The molecule has 1 aromatic heterocycles. The van der Waals surface area contributed by atoms with Gasteiger partial charge in [0.15, 0.2) is 11.6 Å². The van der Waals surface area contributed by atoms with E-state index >= 15 is 0 Å². The maximum absolute atomic E-state index is 13.2. The van der Waals surface area contributed by atoms with Crippen LogP contribution in [0.15, 0.2) is 91.0 Å². The average Bonchev–Trinajstić information content (AvgIpc) is 3.14. The van der Waals surface area contributed by atoms with Crippen LogP contribution in [-0.4, -0.2) is 23.2 Å². The quantitative estimate of drug-likeness (QED) is 0.331. The average molecular weight is 424 g/mol. The number of ketones is 2. The molecule has 0 aliphatic carbocycles. The third-order valence-corrected chi connectivity index (χ3v) is 5.50. The van der Waals surface area contributed by atoms with Gasteiger partial charge in [-0.25, -0.2) is 0 Å². The standard InChI is InChI=1S/C28H25NO3/c1-20(30)27-24(18-26(31)21-12-6-3-7-13-21)28(22-14-8-4-9-15-22)29(25(27)19-32-2)23-16-10-5-11-17-23/h3-17H,18-19H2,1-2H3. The van der Waals surface area contributed by atoms with Crippen molar-refractivity contribution in [2.75, 3.05) is 7.11 Å². The van der Waals surface area contributed by atoms with Crippen molar-refractivity contribution in [3.05, 3.63) is 113 Å². The van der Waals surface area contributed by atoms with E-state index in [1.54, 1.807) is 14.0 Å². The molecular formula is C28H25NO3. The highest BCUT2D eigenvalue weighted by Gasteiger charge is 2.28. The first-order valence-electron chi connectivity index (χ1n) is 10.6. The Hall–Kier alpha value is -3.76. The molecule has 1 heterocycles. The van der Waals surface area contributed by atoms with Crippen LogP contribution in [-0.2, 0) is 17.8 Å². The van der Waals surface area contributed by atoms with E-state index in [1.807, 2.05) is 91.0 Å². The van der Waals surface area contributed by atoms with Gasteiger partial charge >= 0.3 is 0 Å². The van der Waals surface area contributed by atoms with E-state index in [0.717, 1.165) is 28.2 Å². The summed E-state index contributed by atoms with van der Waals surface area (Å²) in [5, 5.41) is 0. The largest absolute Gasteiger partial charge is 0.378 e. The summed E-state index contributed by atoms with van der Waals surface area (Å²) >= 11 is 0. The fraction of sp³-hybridized carbons (Fsp3) is 0.143. The molecule has 0 unspecified atom stereocenters. The highest BCUT2D eigenvalue weighted by atomic mass is 16.5. The first kappa shape index (κ1) is 21.5. The molecule has 4 rings (SSSR count). The summed E-state index contributed by atoms with van der Waals surface area (Å²) in [6.45, 7) is 1.80. The number of carbonyl (C=O) groups excluding carboxylic acids is 2. The number of Topliss-reactive ketones (excluding diaryl/α,β-unsaturated/α-hetero) is 2. The SMILES string of the molecule is COCc1c(C(C)=O)c(CC(=O)c2ccccc2)c(-c2ccccc2)n1-c1ccccc1. The molecule has 32 heavy (non-hydrogen) atoms. The van der Waals surface area contributed by atoms with Crippen LogP contribution in [0, 0.1) is 0 Å². The molecule has 0 saturated carbocycles. The van der Waals surface area contributed by atoms with Gasteiger partial charge in [-0.05, 0) is 30.2 Å². The Bertz CT molecular complexity index is 1230. The Labute approximate surface area is 188 Å². The van der Waals surface area contributed by atoms with Gasteiger partial charge in [0.1, 0.15) is 0 Å². The van der Waals surface area contributed by atoms with E-state index in [9.17, 15) is 9.59 Å². The molecule has 0 saturated heterocycles. The Morgan fingerprint density at radius 1 is 0.812 bits per heavy atom. The number of hydrogen-bond acceptors (Lipinski definition) is 3. The maximum atomic E-state index is 13.2. The van der Waals surface area contributed by atoms with Gasteiger partial charge in [0.2, 0.25) is 0 Å². The Kier molecular flexibility index (Phi) is 6.43. The number of carbonyl (C=O) groups is 2. The number of nitrogens with zero attached hydrogens (tertiary/aromatic N) is 1. The number of aromatic nitrogens is 1. The zero-order valence-corrected chi connectivity index (χ0v) is 18.2. The molecular weight excluding hydrogens is 398 g/mol. The Morgan fingerprint density at radius 3 is 1.94 bits per heavy atom. The number of rotatable bonds is 8. The lowest BCUT2D eigenvalue weighted by atomic mass is 9.95. The van der Waals surface area contributed by atoms with Gasteiger partial charge in [0, 0.05) is 30.3 Å². The molecule has 0 radical (unpaired) electrons. The molecule has 0 bridgehead atoms. The molecule has 0 aliphatic heterocycles. The fourth-order valence-corrected chi connectivity index (χ4v) is 4.18. The summed E-state index contributed by atoms with van der Waals surface area (Å²) < 4.78 is 7.58. The lowest BCUT2D eigenvalue weighted by Crippen LogP contribution is -2.08. The molecule has 0 amide bonds. The number of ether oxygens (including phenoxy) is 1. The second-order valence-corrected chi connectivity index (χ2v) is 7.64. The molecule has 4 heteroatoms. The van der Waals surface area contributed by atoms with Crippen molar-refractivity contribution in [2.24, 2.45) is 0 Å². The lowest BCUT2D eigenvalue weighted by Gasteiger charge is -2.15. The minimum absolute atomic E-state index is 0.0283. The van der Waals surface area contributed by atoms with Gasteiger partial charge in [-0.2, -0.15) is 0 Å². The summed E-state index contributed by atoms with van der Waals surface area (Å²) in [6, 6.07) is 29.0. The van der Waals surface area contributed by atoms with Crippen LogP contribution < -0.4 is 0 Å². The Morgan fingerprint density at radius 2 is 1.38 bits per heavy atom. The van der Waals surface area contributed by atoms with E-state index in [1.165, 1.54) is 0 Å². The number of para-hydroxylation sites is 1. The van der Waals surface area contributed by atoms with Gasteiger partial charge < -0.3 is 9.30 Å². The van der Waals surface area contributed by atoms with E-state index in [2.05, 4.69) is 4.57 Å². The lowest BCUT2D eigenvalue weighted by molar-refractivity contribution is 0.0992. The van der Waals surface area contributed by atoms with Crippen LogP contribution in [0.5, 0.6) is 0 Å². The van der Waals surface area contributed by atoms with E-state index < -0.39 is 0 Å². The van der Waals surface area contributed by atoms with Crippen molar-refractivity contribution in [3.63, 3.8) is 0 Å². The first-order chi connectivity index (χ1) is 15.6. The summed E-state index contributed by atoms with van der Waals surface area (Å²) in [7, 11) is 1.61. The smallest absolute Gasteiger partial charge is 0.167 e. The highest BCUT2D eigenvalue weighted by molar-refractivity contribution is 6.04. The third kappa shape index (κ3) is 4.18. The normalized spacial score (nSPS) is 10.8. The molecule has 4 aromatic rings. The van der Waals surface area contributed by atoms with Crippen molar-refractivity contribution in [1.82, 2.24) is 4.57 Å². The molecule has 4 nitrogen and oxygen atoms in total. The number of hydrogen-bond donors (Lipinski definition) is 0. The summed E-state index contributed by atoms with van der Waals surface area (Å²) in [6.07, 6.45) is 0.125. The van der Waals surface area contributed by atoms with Crippen LogP contribution in [0.4, 0.5) is 0 Å². The molecule has 0 spiro atoms. The molecule has 3 aromatic carbocycles. The van der Waals surface area contributed by atoms with Gasteiger partial charge in [0.25, 0.3) is 0 Å². The van der Waals surface area contributed by atoms with Crippen LogP contribution in [0.1, 0.15) is 38.9 Å². The van der Waals surface area contributed by atoms with Crippen LogP contribution >= 0.6 is 0 Å². The van der Waals surface area contributed by atoms with Crippen molar-refractivity contribution in [2.45, 2.75) is 20.0 Å². The number of benzene rings is 3. The molecule has 160 valence electrons. The summed E-state index contributed by atoms with van der Waals surface area (Å²) in [4.78, 5) is 26.2. The molecule has 0 N–H and O–H groups in total. The third-order valence-electron chi connectivity index (χ3n) is 5.50. The Balaban J connectivity index is 2.02. The van der Waals surface area contributed by atoms with Gasteiger partial charge in [-0.3, -0.25) is 9.59 Å².